The summed E-state index contributed by atoms with van der Waals surface area (Å²) in [5.41, 5.74) is 3.45. The van der Waals surface area contributed by atoms with Gasteiger partial charge in [0.25, 0.3) is 0 Å². The Labute approximate surface area is 112 Å². The van der Waals surface area contributed by atoms with E-state index in [4.69, 9.17) is 11.6 Å². The summed E-state index contributed by atoms with van der Waals surface area (Å²) < 4.78 is 0. The molecule has 1 saturated carbocycles. The van der Waals surface area contributed by atoms with Crippen LogP contribution in [-0.2, 0) is 6.54 Å². The predicted octanol–water partition coefficient (Wildman–Crippen LogP) is 3.65. The zero-order valence-corrected chi connectivity index (χ0v) is 10.8. The number of pyridine rings is 1. The van der Waals surface area contributed by atoms with Gasteiger partial charge in [0.05, 0.1) is 0 Å². The smallest absolute Gasteiger partial charge is 0.0457 e. The molecule has 1 N–H and O–H groups in total. The fourth-order valence-corrected chi connectivity index (χ4v) is 2.20. The molecule has 1 fully saturated rings. The number of halogens is 1. The third kappa shape index (κ3) is 2.71. The third-order valence-corrected chi connectivity index (χ3v) is 3.58. The minimum absolute atomic E-state index is 0.709. The van der Waals surface area contributed by atoms with E-state index in [-0.39, 0.29) is 0 Å². The van der Waals surface area contributed by atoms with Crippen LogP contribution in [0, 0.1) is 0 Å². The largest absolute Gasteiger partial charge is 0.310 e. The average molecular weight is 259 g/mol. The highest BCUT2D eigenvalue weighted by molar-refractivity contribution is 6.31. The van der Waals surface area contributed by atoms with Gasteiger partial charge in [-0.3, -0.25) is 4.98 Å². The molecule has 1 aliphatic rings. The van der Waals surface area contributed by atoms with Crippen molar-refractivity contribution in [1.82, 2.24) is 10.3 Å². The minimum atomic E-state index is 0.709. The maximum Gasteiger partial charge on any atom is 0.0457 e. The molecule has 0 aliphatic heterocycles. The Morgan fingerprint density at radius 2 is 1.89 bits per heavy atom. The van der Waals surface area contributed by atoms with Gasteiger partial charge in [-0.15, -0.1) is 0 Å². The summed E-state index contributed by atoms with van der Waals surface area (Å²) in [6.45, 7) is 0.861. The summed E-state index contributed by atoms with van der Waals surface area (Å²) in [4.78, 5) is 4.02. The van der Waals surface area contributed by atoms with Gasteiger partial charge in [-0.2, -0.15) is 0 Å². The normalized spacial score (nSPS) is 14.7. The number of rotatable bonds is 4. The van der Waals surface area contributed by atoms with Crippen molar-refractivity contribution >= 4 is 11.6 Å². The molecule has 0 unspecified atom stereocenters. The van der Waals surface area contributed by atoms with Gasteiger partial charge >= 0.3 is 0 Å². The molecule has 1 aromatic carbocycles. The molecule has 1 aliphatic carbocycles. The van der Waals surface area contributed by atoms with Crippen LogP contribution in [0.2, 0.25) is 5.02 Å². The van der Waals surface area contributed by atoms with Crippen molar-refractivity contribution in [2.24, 2.45) is 0 Å². The van der Waals surface area contributed by atoms with Crippen molar-refractivity contribution < 1.29 is 0 Å². The van der Waals surface area contributed by atoms with Gasteiger partial charge in [0.15, 0.2) is 0 Å². The number of benzene rings is 1. The molecule has 1 heterocycles. The average Bonchev–Trinajstić information content (AvgIpc) is 3.22. The fraction of sp³-hybridized carbons (Fsp3) is 0.267. The highest BCUT2D eigenvalue weighted by atomic mass is 35.5. The molecule has 92 valence electrons. The van der Waals surface area contributed by atoms with Crippen LogP contribution in [-0.4, -0.2) is 11.0 Å². The number of hydrogen-bond acceptors (Lipinski definition) is 2. The van der Waals surface area contributed by atoms with Gasteiger partial charge in [0, 0.05) is 30.0 Å². The lowest BCUT2D eigenvalue weighted by molar-refractivity contribution is 0.688. The quantitative estimate of drug-likeness (QED) is 0.905. The zero-order valence-electron chi connectivity index (χ0n) is 10.1. The fourth-order valence-electron chi connectivity index (χ4n) is 1.96. The van der Waals surface area contributed by atoms with Gasteiger partial charge in [-0.1, -0.05) is 23.7 Å². The third-order valence-electron chi connectivity index (χ3n) is 3.23. The Bertz CT molecular complexity index is 535. The van der Waals surface area contributed by atoms with E-state index in [9.17, 15) is 0 Å². The molecule has 2 nitrogen and oxygen atoms in total. The summed E-state index contributed by atoms with van der Waals surface area (Å²) in [5.74, 6) is 0. The predicted molar refractivity (Wildman–Crippen MR) is 74.5 cm³/mol. The lowest BCUT2D eigenvalue weighted by Gasteiger charge is -2.08. The second-order valence-corrected chi connectivity index (χ2v) is 5.10. The molecule has 0 saturated heterocycles. The van der Waals surface area contributed by atoms with Crippen molar-refractivity contribution in [3.63, 3.8) is 0 Å². The number of aromatic nitrogens is 1. The first kappa shape index (κ1) is 11.7. The van der Waals surface area contributed by atoms with Crippen LogP contribution in [0.5, 0.6) is 0 Å². The lowest BCUT2D eigenvalue weighted by atomic mass is 10.1. The number of hydrogen-bond donors (Lipinski definition) is 1. The first-order valence-electron chi connectivity index (χ1n) is 6.25. The summed E-state index contributed by atoms with van der Waals surface area (Å²) in [7, 11) is 0. The first-order valence-corrected chi connectivity index (χ1v) is 6.63. The molecule has 0 atom stereocenters. The van der Waals surface area contributed by atoms with Crippen molar-refractivity contribution in [2.75, 3.05) is 0 Å². The summed E-state index contributed by atoms with van der Waals surface area (Å²) in [6.07, 6.45) is 6.19. The summed E-state index contributed by atoms with van der Waals surface area (Å²) in [5, 5.41) is 4.31. The molecule has 0 bridgehead atoms. The van der Waals surface area contributed by atoms with Crippen LogP contribution in [0.3, 0.4) is 0 Å². The second kappa shape index (κ2) is 5.09. The molecule has 1 aromatic heterocycles. The van der Waals surface area contributed by atoms with Crippen molar-refractivity contribution in [2.45, 2.75) is 25.4 Å². The summed E-state index contributed by atoms with van der Waals surface area (Å²) >= 11 is 6.33. The maximum absolute atomic E-state index is 6.33. The lowest BCUT2D eigenvalue weighted by Crippen LogP contribution is -2.15. The Morgan fingerprint density at radius 1 is 1.11 bits per heavy atom. The van der Waals surface area contributed by atoms with Gasteiger partial charge in [-0.25, -0.2) is 0 Å². The van der Waals surface area contributed by atoms with Crippen molar-refractivity contribution in [1.29, 1.82) is 0 Å². The van der Waals surface area contributed by atoms with Gasteiger partial charge in [-0.05, 0) is 47.7 Å². The van der Waals surface area contributed by atoms with E-state index in [0.29, 0.717) is 6.04 Å². The van der Waals surface area contributed by atoms with E-state index >= 15 is 0 Å². The van der Waals surface area contributed by atoms with Gasteiger partial charge in [0.1, 0.15) is 0 Å². The van der Waals surface area contributed by atoms with Crippen LogP contribution in [0.1, 0.15) is 18.4 Å². The molecule has 0 radical (unpaired) electrons. The molecular weight excluding hydrogens is 244 g/mol. The second-order valence-electron chi connectivity index (χ2n) is 4.70. The highest BCUT2D eigenvalue weighted by Gasteiger charge is 2.20. The Kier molecular flexibility index (Phi) is 3.31. The standard InChI is InChI=1S/C15H15ClN2/c16-15-9-12(11-5-7-17-8-6-11)1-2-13(15)10-18-14-3-4-14/h1-2,5-9,14,18H,3-4,10H2. The van der Waals surface area contributed by atoms with E-state index in [1.54, 1.807) is 12.4 Å². The molecule has 0 amide bonds. The van der Waals surface area contributed by atoms with Crippen LogP contribution < -0.4 is 5.32 Å². The van der Waals surface area contributed by atoms with E-state index in [1.807, 2.05) is 18.2 Å². The number of nitrogens with zero attached hydrogens (tertiary/aromatic N) is 1. The Morgan fingerprint density at radius 3 is 2.56 bits per heavy atom. The maximum atomic E-state index is 6.33. The zero-order chi connectivity index (χ0) is 12.4. The van der Waals surface area contributed by atoms with Crippen LogP contribution in [0.4, 0.5) is 0 Å². The van der Waals surface area contributed by atoms with E-state index in [0.717, 1.165) is 22.7 Å². The molecule has 0 spiro atoms. The van der Waals surface area contributed by atoms with Gasteiger partial charge in [0.2, 0.25) is 0 Å². The number of nitrogens with one attached hydrogen (secondary N) is 1. The molecule has 3 heteroatoms. The minimum Gasteiger partial charge on any atom is -0.310 e. The highest BCUT2D eigenvalue weighted by Crippen LogP contribution is 2.26. The van der Waals surface area contributed by atoms with Crippen LogP contribution in [0.25, 0.3) is 11.1 Å². The van der Waals surface area contributed by atoms with E-state index in [2.05, 4.69) is 22.4 Å². The Balaban J connectivity index is 1.79. The molecule has 2 aromatic rings. The Hall–Kier alpha value is -1.38. The summed E-state index contributed by atoms with van der Waals surface area (Å²) in [6, 6.07) is 10.9. The van der Waals surface area contributed by atoms with E-state index < -0.39 is 0 Å². The monoisotopic (exact) mass is 258 g/mol. The first-order chi connectivity index (χ1) is 8.83. The van der Waals surface area contributed by atoms with Crippen molar-refractivity contribution in [3.8, 4) is 11.1 Å². The topological polar surface area (TPSA) is 24.9 Å². The molecule has 18 heavy (non-hydrogen) atoms. The SMILES string of the molecule is Clc1cc(-c2ccncc2)ccc1CNC1CC1. The molecule has 3 rings (SSSR count). The van der Waals surface area contributed by atoms with E-state index in [1.165, 1.54) is 18.4 Å². The van der Waals surface area contributed by atoms with Gasteiger partial charge < -0.3 is 5.32 Å². The van der Waals surface area contributed by atoms with Crippen LogP contribution >= 0.6 is 11.6 Å². The molecular formula is C15H15ClN2. The van der Waals surface area contributed by atoms with Crippen LogP contribution in [0.15, 0.2) is 42.7 Å². The van der Waals surface area contributed by atoms with Crippen molar-refractivity contribution in [3.05, 3.63) is 53.3 Å².